The Morgan fingerprint density at radius 1 is 1.10 bits per heavy atom. The number of hydrogen-bond donors (Lipinski definition) is 1. The lowest BCUT2D eigenvalue weighted by molar-refractivity contribution is 0.560. The summed E-state index contributed by atoms with van der Waals surface area (Å²) in [5.41, 5.74) is 2.46. The molecule has 0 aliphatic carbocycles. The van der Waals surface area contributed by atoms with E-state index in [1.807, 2.05) is 24.9 Å². The molecular formula is C17H20F2N2. The second-order valence-corrected chi connectivity index (χ2v) is 5.17. The van der Waals surface area contributed by atoms with Gasteiger partial charge in [-0.3, -0.25) is 0 Å². The second-order valence-electron chi connectivity index (χ2n) is 5.17. The quantitative estimate of drug-likeness (QED) is 0.899. The summed E-state index contributed by atoms with van der Waals surface area (Å²) in [5, 5.41) is 3.07. The van der Waals surface area contributed by atoms with Gasteiger partial charge < -0.3 is 10.2 Å². The lowest BCUT2D eigenvalue weighted by atomic mass is 10.0. The smallest absolute Gasteiger partial charge is 0.130 e. The predicted molar refractivity (Wildman–Crippen MR) is 82.4 cm³/mol. The van der Waals surface area contributed by atoms with Crippen LogP contribution in [-0.2, 0) is 6.54 Å². The minimum Gasteiger partial charge on any atom is -0.370 e. The molecule has 0 aliphatic heterocycles. The molecule has 1 unspecified atom stereocenters. The van der Waals surface area contributed by atoms with Crippen molar-refractivity contribution in [2.24, 2.45) is 0 Å². The van der Waals surface area contributed by atoms with Gasteiger partial charge in [0.2, 0.25) is 0 Å². The van der Waals surface area contributed by atoms with Crippen LogP contribution in [0.15, 0.2) is 42.5 Å². The number of halogens is 2. The SMILES string of the molecule is CNC(C)c1c(F)cccc1N(C)Cc1ccc(F)cc1. The number of benzene rings is 2. The Morgan fingerprint density at radius 3 is 2.38 bits per heavy atom. The van der Waals surface area contributed by atoms with Crippen molar-refractivity contribution in [1.29, 1.82) is 0 Å². The van der Waals surface area contributed by atoms with Crippen molar-refractivity contribution < 1.29 is 8.78 Å². The molecule has 0 spiro atoms. The van der Waals surface area contributed by atoms with Gasteiger partial charge in [-0.25, -0.2) is 8.78 Å². The molecule has 4 heteroatoms. The largest absolute Gasteiger partial charge is 0.370 e. The summed E-state index contributed by atoms with van der Waals surface area (Å²) in [5.74, 6) is -0.475. The molecule has 0 bridgehead atoms. The average Bonchev–Trinajstić information content (AvgIpc) is 2.48. The first-order chi connectivity index (χ1) is 10.0. The summed E-state index contributed by atoms with van der Waals surface area (Å²) in [6.45, 7) is 2.51. The molecule has 2 rings (SSSR count). The van der Waals surface area contributed by atoms with Gasteiger partial charge in [0.15, 0.2) is 0 Å². The number of rotatable bonds is 5. The Labute approximate surface area is 124 Å². The van der Waals surface area contributed by atoms with Crippen LogP contribution < -0.4 is 10.2 Å². The normalized spacial score (nSPS) is 12.2. The van der Waals surface area contributed by atoms with Crippen LogP contribution in [0.1, 0.15) is 24.1 Å². The highest BCUT2D eigenvalue weighted by molar-refractivity contribution is 5.55. The summed E-state index contributed by atoms with van der Waals surface area (Å²) in [6.07, 6.45) is 0. The molecule has 0 amide bonds. The molecule has 112 valence electrons. The van der Waals surface area contributed by atoms with Gasteiger partial charge >= 0.3 is 0 Å². The molecule has 0 saturated carbocycles. The maximum absolute atomic E-state index is 14.1. The molecule has 2 nitrogen and oxygen atoms in total. The third-order valence-electron chi connectivity index (χ3n) is 3.64. The summed E-state index contributed by atoms with van der Waals surface area (Å²) in [7, 11) is 3.71. The maximum Gasteiger partial charge on any atom is 0.130 e. The van der Waals surface area contributed by atoms with Gasteiger partial charge in [-0.2, -0.15) is 0 Å². The van der Waals surface area contributed by atoms with Crippen LogP contribution >= 0.6 is 0 Å². The monoisotopic (exact) mass is 290 g/mol. The Hall–Kier alpha value is -1.94. The van der Waals surface area contributed by atoms with Crippen molar-refractivity contribution in [2.45, 2.75) is 19.5 Å². The average molecular weight is 290 g/mol. The van der Waals surface area contributed by atoms with Gasteiger partial charge in [0, 0.05) is 30.9 Å². The van der Waals surface area contributed by atoms with Gasteiger partial charge in [0.25, 0.3) is 0 Å². The third kappa shape index (κ3) is 3.58. The van der Waals surface area contributed by atoms with E-state index in [2.05, 4.69) is 5.32 Å². The lowest BCUT2D eigenvalue weighted by Gasteiger charge is -2.25. The van der Waals surface area contributed by atoms with Gasteiger partial charge in [0.05, 0.1) is 0 Å². The Kier molecular flexibility index (Phi) is 4.91. The van der Waals surface area contributed by atoms with Crippen LogP contribution in [0.4, 0.5) is 14.5 Å². The number of anilines is 1. The molecule has 2 aromatic rings. The van der Waals surface area contributed by atoms with E-state index in [1.165, 1.54) is 18.2 Å². The number of hydrogen-bond acceptors (Lipinski definition) is 2. The first kappa shape index (κ1) is 15.4. The van der Waals surface area contributed by atoms with Gasteiger partial charge in [-0.15, -0.1) is 0 Å². The van der Waals surface area contributed by atoms with Crippen LogP contribution in [0.2, 0.25) is 0 Å². The Bertz CT molecular complexity index is 596. The molecule has 0 fully saturated rings. The number of nitrogens with one attached hydrogen (secondary N) is 1. The van der Waals surface area contributed by atoms with Crippen LogP contribution in [-0.4, -0.2) is 14.1 Å². The third-order valence-corrected chi connectivity index (χ3v) is 3.64. The maximum atomic E-state index is 14.1. The molecule has 0 aliphatic rings. The molecule has 2 aromatic carbocycles. The molecule has 21 heavy (non-hydrogen) atoms. The fraction of sp³-hybridized carbons (Fsp3) is 0.294. The van der Waals surface area contributed by atoms with Crippen molar-refractivity contribution in [3.63, 3.8) is 0 Å². The van der Waals surface area contributed by atoms with E-state index in [0.29, 0.717) is 12.1 Å². The summed E-state index contributed by atoms with van der Waals surface area (Å²) >= 11 is 0. The molecule has 0 aromatic heterocycles. The topological polar surface area (TPSA) is 15.3 Å². The first-order valence-electron chi connectivity index (χ1n) is 6.94. The van der Waals surface area contributed by atoms with Crippen LogP contribution in [0, 0.1) is 11.6 Å². The zero-order valence-corrected chi connectivity index (χ0v) is 12.5. The molecular weight excluding hydrogens is 270 g/mol. The zero-order valence-electron chi connectivity index (χ0n) is 12.5. The van der Waals surface area contributed by atoms with E-state index < -0.39 is 0 Å². The van der Waals surface area contributed by atoms with Crippen LogP contribution in [0.5, 0.6) is 0 Å². The van der Waals surface area contributed by atoms with Gasteiger partial charge in [0.1, 0.15) is 11.6 Å². The van der Waals surface area contributed by atoms with Crippen LogP contribution in [0.25, 0.3) is 0 Å². The molecule has 0 heterocycles. The summed E-state index contributed by atoms with van der Waals surface area (Å²) in [6, 6.07) is 11.3. The van der Waals surface area contributed by atoms with Gasteiger partial charge in [-0.05, 0) is 43.8 Å². The Morgan fingerprint density at radius 2 is 1.76 bits per heavy atom. The second kappa shape index (κ2) is 6.68. The van der Waals surface area contributed by atoms with Crippen LogP contribution in [0.3, 0.4) is 0 Å². The molecule has 0 saturated heterocycles. The van der Waals surface area contributed by atoms with E-state index in [-0.39, 0.29) is 17.7 Å². The summed E-state index contributed by atoms with van der Waals surface area (Å²) < 4.78 is 27.1. The first-order valence-corrected chi connectivity index (χ1v) is 6.94. The summed E-state index contributed by atoms with van der Waals surface area (Å²) in [4.78, 5) is 1.97. The molecule has 1 N–H and O–H groups in total. The molecule has 1 atom stereocenters. The Balaban J connectivity index is 2.28. The predicted octanol–water partition coefficient (Wildman–Crippen LogP) is 3.88. The van der Waals surface area contributed by atoms with Crippen molar-refractivity contribution in [3.8, 4) is 0 Å². The van der Waals surface area contributed by atoms with Gasteiger partial charge in [-0.1, -0.05) is 18.2 Å². The van der Waals surface area contributed by atoms with E-state index in [1.54, 1.807) is 25.2 Å². The van der Waals surface area contributed by atoms with E-state index in [9.17, 15) is 8.78 Å². The van der Waals surface area contributed by atoms with E-state index in [4.69, 9.17) is 0 Å². The van der Waals surface area contributed by atoms with E-state index in [0.717, 1.165) is 11.3 Å². The lowest BCUT2D eigenvalue weighted by Crippen LogP contribution is -2.22. The van der Waals surface area contributed by atoms with Crippen molar-refractivity contribution in [1.82, 2.24) is 5.32 Å². The minimum absolute atomic E-state index is 0.0862. The highest BCUT2D eigenvalue weighted by Crippen LogP contribution is 2.29. The zero-order chi connectivity index (χ0) is 15.4. The number of nitrogens with zero attached hydrogens (tertiary/aromatic N) is 1. The van der Waals surface area contributed by atoms with E-state index >= 15 is 0 Å². The van der Waals surface area contributed by atoms with Crippen molar-refractivity contribution in [3.05, 3.63) is 65.2 Å². The molecule has 0 radical (unpaired) electrons. The minimum atomic E-state index is -0.253. The fourth-order valence-corrected chi connectivity index (χ4v) is 2.38. The fourth-order valence-electron chi connectivity index (χ4n) is 2.38. The standard InChI is InChI=1S/C17H20F2N2/c1-12(20-2)17-15(19)5-4-6-16(17)21(3)11-13-7-9-14(18)10-8-13/h4-10,12,20H,11H2,1-3H3. The highest BCUT2D eigenvalue weighted by Gasteiger charge is 2.16. The highest BCUT2D eigenvalue weighted by atomic mass is 19.1. The van der Waals surface area contributed by atoms with Crippen molar-refractivity contribution >= 4 is 5.69 Å². The van der Waals surface area contributed by atoms with Crippen molar-refractivity contribution in [2.75, 3.05) is 19.0 Å².